The van der Waals surface area contributed by atoms with Gasteiger partial charge in [0.05, 0.1) is 10.7 Å². The zero-order valence-corrected chi connectivity index (χ0v) is 14.6. The van der Waals surface area contributed by atoms with Gasteiger partial charge in [0, 0.05) is 50.5 Å². The molecule has 24 heavy (non-hydrogen) atoms. The van der Waals surface area contributed by atoms with Crippen LogP contribution in [0.4, 0.5) is 5.69 Å². The largest absolute Gasteiger partial charge is 0.359 e. The van der Waals surface area contributed by atoms with Crippen LogP contribution in [0, 0.1) is 11.3 Å². The summed E-state index contributed by atoms with van der Waals surface area (Å²) in [5.41, 5.74) is 0.559. The molecule has 1 saturated heterocycles. The van der Waals surface area contributed by atoms with Gasteiger partial charge in [-0.1, -0.05) is 23.2 Å². The normalized spacial score (nSPS) is 15.6. The fraction of sp³-hybridized carbons (Fsp3) is 0.375. The molecule has 1 aromatic carbocycles. The third kappa shape index (κ3) is 5.69. The minimum absolute atomic E-state index is 0.0127. The number of hydrogen-bond acceptors (Lipinski definition) is 5. The van der Waals surface area contributed by atoms with Gasteiger partial charge in [0.2, 0.25) is 0 Å². The molecule has 128 valence electrons. The average Bonchev–Trinajstić information content (AvgIpc) is 2.58. The Kier molecular flexibility index (Phi) is 7.35. The maximum Gasteiger partial charge on any atom is 0.263 e. The van der Waals surface area contributed by atoms with Gasteiger partial charge in [-0.2, -0.15) is 5.26 Å². The number of benzene rings is 1. The Balaban J connectivity index is 1.85. The molecule has 1 aromatic rings. The van der Waals surface area contributed by atoms with Gasteiger partial charge in [-0.25, -0.2) is 0 Å². The van der Waals surface area contributed by atoms with E-state index in [1.165, 1.54) is 6.20 Å². The monoisotopic (exact) mass is 367 g/mol. The zero-order chi connectivity index (χ0) is 17.4. The molecule has 0 bridgehead atoms. The summed E-state index contributed by atoms with van der Waals surface area (Å²) in [6.07, 6.45) is 1.34. The van der Waals surface area contributed by atoms with E-state index in [1.54, 1.807) is 18.2 Å². The molecule has 3 N–H and O–H groups in total. The van der Waals surface area contributed by atoms with Crippen LogP contribution in [0.25, 0.3) is 0 Å². The summed E-state index contributed by atoms with van der Waals surface area (Å²) < 4.78 is 0. The Bertz CT molecular complexity index is 650. The number of anilines is 1. The van der Waals surface area contributed by atoms with E-state index < -0.39 is 5.91 Å². The van der Waals surface area contributed by atoms with E-state index in [2.05, 4.69) is 20.9 Å². The molecule has 6 nitrogen and oxygen atoms in total. The number of nitrogens with zero attached hydrogens (tertiary/aromatic N) is 2. The summed E-state index contributed by atoms with van der Waals surface area (Å²) >= 11 is 11.9. The van der Waals surface area contributed by atoms with E-state index in [0.29, 0.717) is 22.3 Å². The summed E-state index contributed by atoms with van der Waals surface area (Å²) in [7, 11) is 0. The highest BCUT2D eigenvalue weighted by Gasteiger charge is 2.12. The van der Waals surface area contributed by atoms with Crippen LogP contribution in [-0.4, -0.2) is 50.1 Å². The van der Waals surface area contributed by atoms with Crippen molar-refractivity contribution in [3.05, 3.63) is 40.0 Å². The zero-order valence-electron chi connectivity index (χ0n) is 13.1. The lowest BCUT2D eigenvalue weighted by Gasteiger charge is -2.27. The van der Waals surface area contributed by atoms with Crippen molar-refractivity contribution in [3.8, 4) is 6.07 Å². The van der Waals surface area contributed by atoms with Crippen molar-refractivity contribution in [3.63, 3.8) is 0 Å². The van der Waals surface area contributed by atoms with Gasteiger partial charge in [0.25, 0.3) is 5.91 Å². The van der Waals surface area contributed by atoms with Gasteiger partial charge in [0.1, 0.15) is 11.6 Å². The predicted molar refractivity (Wildman–Crippen MR) is 96.1 cm³/mol. The number of carbonyl (C=O) groups is 1. The van der Waals surface area contributed by atoms with Gasteiger partial charge in [-0.15, -0.1) is 0 Å². The quantitative estimate of drug-likeness (QED) is 0.527. The fourth-order valence-electron chi connectivity index (χ4n) is 2.26. The number of hydrogen-bond donors (Lipinski definition) is 3. The van der Waals surface area contributed by atoms with Crippen LogP contribution in [0.3, 0.4) is 0 Å². The first kappa shape index (κ1) is 18.6. The lowest BCUT2D eigenvalue weighted by atomic mass is 10.2. The van der Waals surface area contributed by atoms with Crippen LogP contribution in [-0.2, 0) is 4.79 Å². The Morgan fingerprint density at radius 1 is 1.38 bits per heavy atom. The van der Waals surface area contributed by atoms with E-state index >= 15 is 0 Å². The summed E-state index contributed by atoms with van der Waals surface area (Å²) in [5, 5.41) is 19.0. The molecule has 1 aliphatic rings. The summed E-state index contributed by atoms with van der Waals surface area (Å²) in [6.45, 7) is 5.12. The molecule has 0 saturated carbocycles. The van der Waals surface area contributed by atoms with Gasteiger partial charge >= 0.3 is 0 Å². The first-order chi connectivity index (χ1) is 11.6. The lowest BCUT2D eigenvalue weighted by Crippen LogP contribution is -2.46. The number of piperazine rings is 1. The second-order valence-electron chi connectivity index (χ2n) is 5.29. The molecule has 0 spiro atoms. The standard InChI is InChI=1S/C16H19Cl2N5O/c17-13-1-2-15(14(18)9-13)22-11-12(10-19)16(24)21-5-8-23-6-3-20-4-7-23/h1-2,9,11,20,22H,3-8H2,(H,21,24)/b12-11-. The van der Waals surface area contributed by atoms with Crippen molar-refractivity contribution >= 4 is 34.8 Å². The highest BCUT2D eigenvalue weighted by molar-refractivity contribution is 6.36. The maximum atomic E-state index is 12.0. The van der Waals surface area contributed by atoms with Crippen LogP contribution < -0.4 is 16.0 Å². The molecule has 1 fully saturated rings. The van der Waals surface area contributed by atoms with Crippen LogP contribution in [0.5, 0.6) is 0 Å². The van der Waals surface area contributed by atoms with E-state index in [1.807, 2.05) is 6.07 Å². The third-order valence-electron chi connectivity index (χ3n) is 3.59. The number of amides is 1. The SMILES string of the molecule is N#C/C(=C/Nc1ccc(Cl)cc1Cl)C(=O)NCCN1CCNCC1. The van der Waals surface area contributed by atoms with Gasteiger partial charge < -0.3 is 16.0 Å². The number of rotatable bonds is 6. The van der Waals surface area contributed by atoms with Crippen molar-refractivity contribution in [2.24, 2.45) is 0 Å². The first-order valence-corrected chi connectivity index (χ1v) is 8.39. The first-order valence-electron chi connectivity index (χ1n) is 7.63. The molecular formula is C16H19Cl2N5O. The molecule has 2 rings (SSSR count). The summed E-state index contributed by atoms with van der Waals surface area (Å²) in [4.78, 5) is 14.3. The molecule has 1 aliphatic heterocycles. The molecule has 0 unspecified atom stereocenters. The maximum absolute atomic E-state index is 12.0. The summed E-state index contributed by atoms with van der Waals surface area (Å²) in [5.74, 6) is -0.412. The molecular weight excluding hydrogens is 349 g/mol. The van der Waals surface area contributed by atoms with E-state index in [0.717, 1.165) is 32.7 Å². The van der Waals surface area contributed by atoms with E-state index in [-0.39, 0.29) is 5.57 Å². The second-order valence-corrected chi connectivity index (χ2v) is 6.13. The van der Waals surface area contributed by atoms with Gasteiger partial charge in [0.15, 0.2) is 0 Å². The van der Waals surface area contributed by atoms with E-state index in [9.17, 15) is 4.79 Å². The van der Waals surface area contributed by atoms with Crippen molar-refractivity contribution in [2.75, 3.05) is 44.6 Å². The van der Waals surface area contributed by atoms with Crippen LogP contribution in [0.15, 0.2) is 30.0 Å². The highest BCUT2D eigenvalue weighted by atomic mass is 35.5. The average molecular weight is 368 g/mol. The second kappa shape index (κ2) is 9.50. The Labute approximate surface area is 151 Å². The van der Waals surface area contributed by atoms with Crippen LogP contribution in [0.2, 0.25) is 10.0 Å². The van der Waals surface area contributed by atoms with E-state index in [4.69, 9.17) is 28.5 Å². The van der Waals surface area contributed by atoms with Gasteiger partial charge in [-0.05, 0) is 18.2 Å². The van der Waals surface area contributed by atoms with Crippen molar-refractivity contribution < 1.29 is 4.79 Å². The molecule has 0 atom stereocenters. The predicted octanol–water partition coefficient (Wildman–Crippen LogP) is 1.83. The fourth-order valence-corrected chi connectivity index (χ4v) is 2.73. The minimum Gasteiger partial charge on any atom is -0.359 e. The highest BCUT2D eigenvalue weighted by Crippen LogP contribution is 2.25. The molecule has 1 amide bonds. The summed E-state index contributed by atoms with van der Waals surface area (Å²) in [6, 6.07) is 6.82. The molecule has 1 heterocycles. The Hall–Kier alpha value is -1.78. The molecule has 0 aromatic heterocycles. The molecule has 0 aliphatic carbocycles. The van der Waals surface area contributed by atoms with Crippen molar-refractivity contribution in [1.82, 2.24) is 15.5 Å². The number of halogens is 2. The third-order valence-corrected chi connectivity index (χ3v) is 4.14. The minimum atomic E-state index is -0.412. The number of nitriles is 1. The topological polar surface area (TPSA) is 80.2 Å². The lowest BCUT2D eigenvalue weighted by molar-refractivity contribution is -0.117. The van der Waals surface area contributed by atoms with Gasteiger partial charge in [-0.3, -0.25) is 9.69 Å². The van der Waals surface area contributed by atoms with Crippen molar-refractivity contribution in [1.29, 1.82) is 5.26 Å². The smallest absolute Gasteiger partial charge is 0.263 e. The number of nitrogens with one attached hydrogen (secondary N) is 3. The molecule has 8 heteroatoms. The van der Waals surface area contributed by atoms with Crippen LogP contribution >= 0.6 is 23.2 Å². The number of carbonyl (C=O) groups excluding carboxylic acids is 1. The van der Waals surface area contributed by atoms with Crippen molar-refractivity contribution in [2.45, 2.75) is 0 Å². The molecule has 0 radical (unpaired) electrons. The van der Waals surface area contributed by atoms with Crippen LogP contribution in [0.1, 0.15) is 0 Å². The Morgan fingerprint density at radius 2 is 2.12 bits per heavy atom. The Morgan fingerprint density at radius 3 is 2.79 bits per heavy atom.